The SMILES string of the molecule is CC(C(=O)O)N(CCN)C(C)C(=O)O. The molecule has 0 aromatic carbocycles. The molecule has 0 aliphatic heterocycles. The summed E-state index contributed by atoms with van der Waals surface area (Å²) in [5.74, 6) is -2.10. The Hall–Kier alpha value is -1.14. The van der Waals surface area contributed by atoms with Crippen molar-refractivity contribution < 1.29 is 19.8 Å². The Kier molecular flexibility index (Phi) is 5.11. The second-order valence-corrected chi connectivity index (χ2v) is 3.05. The number of nitrogens with zero attached hydrogens (tertiary/aromatic N) is 1. The minimum atomic E-state index is -1.05. The lowest BCUT2D eigenvalue weighted by Gasteiger charge is -2.29. The maximum atomic E-state index is 10.7. The molecule has 2 atom stereocenters. The summed E-state index contributed by atoms with van der Waals surface area (Å²) in [6.45, 7) is 3.37. The number of carbonyl (C=O) groups is 2. The van der Waals surface area contributed by atoms with Crippen molar-refractivity contribution in [2.45, 2.75) is 25.9 Å². The Morgan fingerprint density at radius 1 is 1.21 bits per heavy atom. The van der Waals surface area contributed by atoms with Crippen LogP contribution in [-0.2, 0) is 9.59 Å². The Morgan fingerprint density at radius 3 is 1.79 bits per heavy atom. The molecule has 14 heavy (non-hydrogen) atoms. The first-order valence-electron chi connectivity index (χ1n) is 4.33. The van der Waals surface area contributed by atoms with Gasteiger partial charge in [-0.3, -0.25) is 14.5 Å². The molecule has 0 rings (SSSR count). The molecule has 82 valence electrons. The van der Waals surface area contributed by atoms with Crippen LogP contribution in [0.25, 0.3) is 0 Å². The maximum Gasteiger partial charge on any atom is 0.320 e. The highest BCUT2D eigenvalue weighted by Crippen LogP contribution is 2.05. The van der Waals surface area contributed by atoms with Crippen LogP contribution in [0.5, 0.6) is 0 Å². The van der Waals surface area contributed by atoms with Gasteiger partial charge in [0.2, 0.25) is 0 Å². The molecule has 0 aromatic rings. The Morgan fingerprint density at radius 2 is 1.57 bits per heavy atom. The third-order valence-electron chi connectivity index (χ3n) is 2.10. The summed E-state index contributed by atoms with van der Waals surface area (Å²) < 4.78 is 0. The van der Waals surface area contributed by atoms with Gasteiger partial charge in [0.05, 0.1) is 0 Å². The number of rotatable bonds is 6. The van der Waals surface area contributed by atoms with E-state index >= 15 is 0 Å². The fourth-order valence-electron chi connectivity index (χ4n) is 1.16. The Bertz CT molecular complexity index is 199. The van der Waals surface area contributed by atoms with E-state index < -0.39 is 24.0 Å². The van der Waals surface area contributed by atoms with Crippen molar-refractivity contribution in [3.63, 3.8) is 0 Å². The molecular formula is C8H16N2O4. The topological polar surface area (TPSA) is 104 Å². The zero-order valence-corrected chi connectivity index (χ0v) is 8.30. The summed E-state index contributed by atoms with van der Waals surface area (Å²) in [6.07, 6.45) is 0. The molecular weight excluding hydrogens is 188 g/mol. The van der Waals surface area contributed by atoms with Crippen LogP contribution in [0.3, 0.4) is 0 Å². The number of aliphatic carboxylic acids is 2. The van der Waals surface area contributed by atoms with E-state index in [-0.39, 0.29) is 13.1 Å². The van der Waals surface area contributed by atoms with Gasteiger partial charge < -0.3 is 15.9 Å². The maximum absolute atomic E-state index is 10.7. The average Bonchev–Trinajstić information content (AvgIpc) is 2.11. The molecule has 0 saturated heterocycles. The minimum Gasteiger partial charge on any atom is -0.480 e. The molecule has 2 unspecified atom stereocenters. The largest absolute Gasteiger partial charge is 0.480 e. The number of hydrogen-bond donors (Lipinski definition) is 3. The fraction of sp³-hybridized carbons (Fsp3) is 0.750. The summed E-state index contributed by atoms with van der Waals surface area (Å²) in [5.41, 5.74) is 5.28. The van der Waals surface area contributed by atoms with Gasteiger partial charge in [-0.25, -0.2) is 0 Å². The van der Waals surface area contributed by atoms with E-state index in [0.717, 1.165) is 0 Å². The predicted octanol–water partition coefficient (Wildman–Crippen LogP) is -0.807. The van der Waals surface area contributed by atoms with Crippen LogP contribution < -0.4 is 5.73 Å². The summed E-state index contributed by atoms with van der Waals surface area (Å²) in [7, 11) is 0. The van der Waals surface area contributed by atoms with E-state index in [1.165, 1.54) is 18.7 Å². The van der Waals surface area contributed by atoms with Crippen LogP contribution >= 0.6 is 0 Å². The quantitative estimate of drug-likeness (QED) is 0.523. The molecule has 0 aromatic heterocycles. The molecule has 0 amide bonds. The predicted molar refractivity (Wildman–Crippen MR) is 50.0 cm³/mol. The van der Waals surface area contributed by atoms with Gasteiger partial charge >= 0.3 is 11.9 Å². The van der Waals surface area contributed by atoms with E-state index in [0.29, 0.717) is 0 Å². The lowest BCUT2D eigenvalue weighted by Crippen LogP contribution is -2.49. The minimum absolute atomic E-state index is 0.231. The van der Waals surface area contributed by atoms with Gasteiger partial charge in [-0.05, 0) is 13.8 Å². The molecule has 0 saturated carbocycles. The second-order valence-electron chi connectivity index (χ2n) is 3.05. The van der Waals surface area contributed by atoms with Gasteiger partial charge in [-0.15, -0.1) is 0 Å². The third kappa shape index (κ3) is 3.31. The van der Waals surface area contributed by atoms with Crippen molar-refractivity contribution >= 4 is 11.9 Å². The normalized spacial score (nSPS) is 15.1. The molecule has 4 N–H and O–H groups in total. The van der Waals surface area contributed by atoms with Gasteiger partial charge in [-0.1, -0.05) is 0 Å². The van der Waals surface area contributed by atoms with E-state index in [1.807, 2.05) is 0 Å². The number of carboxylic acid groups (broad SMARTS) is 2. The van der Waals surface area contributed by atoms with Gasteiger partial charge in [0, 0.05) is 13.1 Å². The van der Waals surface area contributed by atoms with Crippen molar-refractivity contribution in [3.05, 3.63) is 0 Å². The highest BCUT2D eigenvalue weighted by molar-refractivity contribution is 5.76. The van der Waals surface area contributed by atoms with Crippen LogP contribution in [0, 0.1) is 0 Å². The van der Waals surface area contributed by atoms with Crippen LogP contribution in [0.2, 0.25) is 0 Å². The van der Waals surface area contributed by atoms with E-state index in [1.54, 1.807) is 0 Å². The van der Waals surface area contributed by atoms with E-state index in [9.17, 15) is 9.59 Å². The molecule has 0 aliphatic carbocycles. The number of carboxylic acids is 2. The van der Waals surface area contributed by atoms with E-state index in [2.05, 4.69) is 0 Å². The molecule has 0 aliphatic rings. The molecule has 0 radical (unpaired) electrons. The van der Waals surface area contributed by atoms with Crippen molar-refractivity contribution in [2.24, 2.45) is 5.73 Å². The van der Waals surface area contributed by atoms with E-state index in [4.69, 9.17) is 15.9 Å². The molecule has 0 bridgehead atoms. The highest BCUT2D eigenvalue weighted by atomic mass is 16.4. The second kappa shape index (κ2) is 5.56. The van der Waals surface area contributed by atoms with Crippen LogP contribution in [-0.4, -0.2) is 52.2 Å². The first-order valence-corrected chi connectivity index (χ1v) is 4.33. The third-order valence-corrected chi connectivity index (χ3v) is 2.10. The van der Waals surface area contributed by atoms with Gasteiger partial charge in [0.1, 0.15) is 12.1 Å². The lowest BCUT2D eigenvalue weighted by atomic mass is 10.2. The molecule has 6 nitrogen and oxygen atoms in total. The molecule has 0 heterocycles. The zero-order chi connectivity index (χ0) is 11.3. The van der Waals surface area contributed by atoms with Crippen LogP contribution in [0.15, 0.2) is 0 Å². The monoisotopic (exact) mass is 204 g/mol. The first-order chi connectivity index (χ1) is 6.41. The molecule has 0 spiro atoms. The Labute approximate surface area is 82.3 Å². The fourth-order valence-corrected chi connectivity index (χ4v) is 1.16. The summed E-state index contributed by atoms with van der Waals surface area (Å²) in [4.78, 5) is 22.7. The van der Waals surface area contributed by atoms with Gasteiger partial charge in [-0.2, -0.15) is 0 Å². The summed E-state index contributed by atoms with van der Waals surface area (Å²) in [6, 6.07) is -1.69. The van der Waals surface area contributed by atoms with Crippen molar-refractivity contribution in [1.29, 1.82) is 0 Å². The first kappa shape index (κ1) is 12.9. The standard InChI is InChI=1S/C8H16N2O4/c1-5(7(11)12)10(4-3-9)6(2)8(13)14/h5-6H,3-4,9H2,1-2H3,(H,11,12)(H,13,14). The smallest absolute Gasteiger partial charge is 0.320 e. The summed E-state index contributed by atoms with van der Waals surface area (Å²) >= 11 is 0. The lowest BCUT2D eigenvalue weighted by molar-refractivity contribution is -0.149. The van der Waals surface area contributed by atoms with Crippen LogP contribution in [0.1, 0.15) is 13.8 Å². The van der Waals surface area contributed by atoms with Crippen molar-refractivity contribution in [1.82, 2.24) is 4.90 Å². The van der Waals surface area contributed by atoms with Crippen molar-refractivity contribution in [3.8, 4) is 0 Å². The number of hydrogen-bond acceptors (Lipinski definition) is 4. The highest BCUT2D eigenvalue weighted by Gasteiger charge is 2.28. The van der Waals surface area contributed by atoms with Gasteiger partial charge in [0.15, 0.2) is 0 Å². The van der Waals surface area contributed by atoms with Crippen LogP contribution in [0.4, 0.5) is 0 Å². The molecule has 0 fully saturated rings. The Balaban J connectivity index is 4.57. The van der Waals surface area contributed by atoms with Gasteiger partial charge in [0.25, 0.3) is 0 Å². The average molecular weight is 204 g/mol. The zero-order valence-electron chi connectivity index (χ0n) is 8.30. The molecule has 6 heteroatoms. The summed E-state index contributed by atoms with van der Waals surface area (Å²) in [5, 5.41) is 17.5. The van der Waals surface area contributed by atoms with Crippen molar-refractivity contribution in [2.75, 3.05) is 13.1 Å². The number of nitrogens with two attached hydrogens (primary N) is 1.